The van der Waals surface area contributed by atoms with Gasteiger partial charge in [-0.3, -0.25) is 9.98 Å². The van der Waals surface area contributed by atoms with Crippen molar-refractivity contribution in [3.05, 3.63) is 79.3 Å². The first-order valence-electron chi connectivity index (χ1n) is 11.2. The summed E-state index contributed by atoms with van der Waals surface area (Å²) in [7, 11) is 0. The molecule has 1 N–H and O–H groups in total. The van der Waals surface area contributed by atoms with Crippen LogP contribution < -0.4 is 0 Å². The van der Waals surface area contributed by atoms with Crippen LogP contribution in [-0.2, 0) is 0 Å². The van der Waals surface area contributed by atoms with Crippen LogP contribution in [0.5, 0.6) is 0 Å². The second kappa shape index (κ2) is 11.0. The van der Waals surface area contributed by atoms with E-state index in [1.165, 1.54) is 0 Å². The molecule has 166 valence electrons. The van der Waals surface area contributed by atoms with E-state index >= 15 is 0 Å². The fourth-order valence-electron chi connectivity index (χ4n) is 3.53. The number of fused-ring (bicyclic) bond motifs is 2. The van der Waals surface area contributed by atoms with Gasteiger partial charge in [-0.2, -0.15) is 0 Å². The lowest BCUT2D eigenvalue weighted by Crippen LogP contribution is -1.90. The molecule has 33 heavy (non-hydrogen) atoms. The quantitative estimate of drug-likeness (QED) is 0.292. The zero-order valence-electron chi connectivity index (χ0n) is 19.6. The lowest BCUT2D eigenvalue weighted by Gasteiger charge is -2.05. The van der Waals surface area contributed by atoms with Crippen LogP contribution in [0.3, 0.4) is 0 Å². The molecule has 5 nitrogen and oxygen atoms in total. The van der Waals surface area contributed by atoms with E-state index in [-0.39, 0.29) is 0 Å². The topological polar surface area (TPSA) is 66.8 Å². The molecule has 3 aromatic heterocycles. The van der Waals surface area contributed by atoms with E-state index in [4.69, 9.17) is 4.98 Å². The first-order valence-corrected chi connectivity index (χ1v) is 11.2. The number of nitrogens with one attached hydrogen (secondary N) is 1. The summed E-state index contributed by atoms with van der Waals surface area (Å²) in [5, 5.41) is 2.08. The summed E-state index contributed by atoms with van der Waals surface area (Å²) in [6.07, 6.45) is 7.40. The number of benzene rings is 2. The maximum Gasteiger partial charge on any atom is 0.161 e. The Morgan fingerprint density at radius 2 is 1.73 bits per heavy atom. The van der Waals surface area contributed by atoms with Gasteiger partial charge in [0.05, 0.1) is 11.2 Å². The van der Waals surface area contributed by atoms with Crippen molar-refractivity contribution in [3.63, 3.8) is 0 Å². The van der Waals surface area contributed by atoms with Crippen molar-refractivity contribution < 1.29 is 0 Å². The Bertz CT molecular complexity index is 1400. The molecule has 0 atom stereocenters. The number of aromatic nitrogens is 4. The highest BCUT2D eigenvalue weighted by atomic mass is 14.9. The Hall–Kier alpha value is -4.12. The van der Waals surface area contributed by atoms with Gasteiger partial charge >= 0.3 is 0 Å². The fraction of sp³-hybridized carbons (Fsp3) is 0.143. The third-order valence-corrected chi connectivity index (χ3v) is 5.02. The summed E-state index contributed by atoms with van der Waals surface area (Å²) in [6.45, 7) is 15.4. The summed E-state index contributed by atoms with van der Waals surface area (Å²) in [5.74, 6) is 0.646. The summed E-state index contributed by atoms with van der Waals surface area (Å²) in [5.41, 5.74) is 6.53. The average Bonchev–Trinajstić information content (AvgIpc) is 3.33. The summed E-state index contributed by atoms with van der Waals surface area (Å²) >= 11 is 0. The Morgan fingerprint density at radius 3 is 2.48 bits per heavy atom. The van der Waals surface area contributed by atoms with Gasteiger partial charge in [-0.05, 0) is 48.7 Å². The third kappa shape index (κ3) is 4.72. The van der Waals surface area contributed by atoms with Gasteiger partial charge in [0.25, 0.3) is 0 Å². The van der Waals surface area contributed by atoms with Crippen molar-refractivity contribution in [2.45, 2.75) is 27.7 Å². The van der Waals surface area contributed by atoms with Gasteiger partial charge in [0.15, 0.2) is 5.82 Å². The van der Waals surface area contributed by atoms with E-state index in [1.807, 2.05) is 70.4 Å². The first-order chi connectivity index (χ1) is 16.3. The minimum Gasteiger partial charge on any atom is -0.345 e. The molecule has 0 fully saturated rings. The van der Waals surface area contributed by atoms with Crippen LogP contribution in [0.25, 0.3) is 50.5 Å². The smallest absolute Gasteiger partial charge is 0.161 e. The molecule has 0 radical (unpaired) electrons. The molecular weight excluding hydrogens is 406 g/mol. The van der Waals surface area contributed by atoms with Crippen molar-refractivity contribution in [1.82, 2.24) is 19.9 Å². The maximum absolute atomic E-state index is 4.73. The molecule has 0 bridgehead atoms. The van der Waals surface area contributed by atoms with E-state index in [2.05, 4.69) is 51.4 Å². The SMILES string of the molecule is C=Cc1cc(-c2ncc3c(-c4ccc5ncccc5c4)c[nH]c3n2)ccc1N=C.CC.CC. The molecule has 0 aliphatic rings. The van der Waals surface area contributed by atoms with Gasteiger partial charge in [0, 0.05) is 46.1 Å². The predicted octanol–water partition coefficient (Wildman–Crippen LogP) is 7.87. The number of rotatable bonds is 4. The highest BCUT2D eigenvalue weighted by Crippen LogP contribution is 2.31. The predicted molar refractivity (Wildman–Crippen MR) is 142 cm³/mol. The van der Waals surface area contributed by atoms with Crippen molar-refractivity contribution in [2.75, 3.05) is 0 Å². The van der Waals surface area contributed by atoms with Crippen LogP contribution in [0.4, 0.5) is 5.69 Å². The molecule has 0 amide bonds. The van der Waals surface area contributed by atoms with Crippen LogP contribution >= 0.6 is 0 Å². The van der Waals surface area contributed by atoms with Crippen LogP contribution in [0, 0.1) is 0 Å². The standard InChI is InChI=1S/C24H17N5.2C2H6/c1-3-15-11-18(7-8-21(15)25-2)23-27-14-20-19(13-28-24(20)29-23)16-6-9-22-17(12-16)5-4-10-26-22;2*1-2/h3-14H,1-2H2,(H,27,28,29);2*1-2H3. The molecule has 0 saturated carbocycles. The largest absolute Gasteiger partial charge is 0.345 e. The number of H-pyrrole nitrogens is 1. The van der Waals surface area contributed by atoms with Gasteiger partial charge in [-0.1, -0.05) is 52.5 Å². The molecule has 5 rings (SSSR count). The van der Waals surface area contributed by atoms with E-state index in [1.54, 1.807) is 12.3 Å². The molecule has 0 spiro atoms. The molecule has 3 heterocycles. The van der Waals surface area contributed by atoms with Gasteiger partial charge in [0.2, 0.25) is 0 Å². The molecule has 0 aliphatic carbocycles. The monoisotopic (exact) mass is 435 g/mol. The van der Waals surface area contributed by atoms with Crippen molar-refractivity contribution in [3.8, 4) is 22.5 Å². The molecule has 5 heteroatoms. The van der Waals surface area contributed by atoms with Gasteiger partial charge in [0.1, 0.15) is 5.65 Å². The summed E-state index contributed by atoms with van der Waals surface area (Å²) in [4.78, 5) is 21.0. The van der Waals surface area contributed by atoms with E-state index in [9.17, 15) is 0 Å². The highest BCUT2D eigenvalue weighted by molar-refractivity contribution is 5.96. The number of nitrogens with zero attached hydrogens (tertiary/aromatic N) is 4. The van der Waals surface area contributed by atoms with E-state index in [0.29, 0.717) is 5.82 Å². The maximum atomic E-state index is 4.73. The van der Waals surface area contributed by atoms with Crippen LogP contribution in [-0.4, -0.2) is 26.7 Å². The van der Waals surface area contributed by atoms with Gasteiger partial charge in [-0.15, -0.1) is 0 Å². The molecule has 2 aromatic carbocycles. The number of hydrogen-bond acceptors (Lipinski definition) is 4. The van der Waals surface area contributed by atoms with Gasteiger partial charge < -0.3 is 4.98 Å². The minimum atomic E-state index is 0.646. The fourth-order valence-corrected chi connectivity index (χ4v) is 3.53. The second-order valence-corrected chi connectivity index (χ2v) is 6.70. The van der Waals surface area contributed by atoms with Crippen molar-refractivity contribution >= 4 is 40.4 Å². The second-order valence-electron chi connectivity index (χ2n) is 6.70. The number of hydrogen-bond donors (Lipinski definition) is 1. The molecule has 5 aromatic rings. The van der Waals surface area contributed by atoms with Crippen molar-refractivity contribution in [1.29, 1.82) is 0 Å². The average molecular weight is 436 g/mol. The van der Waals surface area contributed by atoms with E-state index < -0.39 is 0 Å². The minimum absolute atomic E-state index is 0.646. The summed E-state index contributed by atoms with van der Waals surface area (Å²) in [6, 6.07) is 16.1. The number of pyridine rings is 1. The van der Waals surface area contributed by atoms with Crippen LogP contribution in [0.1, 0.15) is 33.3 Å². The van der Waals surface area contributed by atoms with Crippen LogP contribution in [0.15, 0.2) is 78.7 Å². The van der Waals surface area contributed by atoms with Crippen molar-refractivity contribution in [2.24, 2.45) is 4.99 Å². The molecular formula is C28H29N5. The molecule has 0 unspecified atom stereocenters. The Morgan fingerprint density at radius 1 is 0.939 bits per heavy atom. The lowest BCUT2D eigenvalue weighted by molar-refractivity contribution is 1.21. The lowest BCUT2D eigenvalue weighted by atomic mass is 10.0. The van der Waals surface area contributed by atoms with Crippen LogP contribution in [0.2, 0.25) is 0 Å². The molecule has 0 aliphatic heterocycles. The van der Waals surface area contributed by atoms with Gasteiger partial charge in [-0.25, -0.2) is 9.97 Å². The zero-order chi connectivity index (χ0) is 23.8. The molecule has 0 saturated heterocycles. The highest BCUT2D eigenvalue weighted by Gasteiger charge is 2.11. The normalized spacial score (nSPS) is 10.1. The zero-order valence-corrected chi connectivity index (χ0v) is 19.6. The number of aliphatic imine (C=N–C) groups is 1. The van der Waals surface area contributed by atoms with E-state index in [0.717, 1.165) is 49.9 Å². The Labute approximate surface area is 195 Å². The Kier molecular flexibility index (Phi) is 7.82. The first kappa shape index (κ1) is 23.5. The third-order valence-electron chi connectivity index (χ3n) is 5.02. The summed E-state index contributed by atoms with van der Waals surface area (Å²) < 4.78 is 0. The number of aromatic amines is 1. The Balaban J connectivity index is 0.000000728.